The van der Waals surface area contributed by atoms with Crippen LogP contribution in [-0.2, 0) is 4.79 Å². The fourth-order valence-electron chi connectivity index (χ4n) is 2.74. The van der Waals surface area contributed by atoms with Crippen molar-refractivity contribution in [2.75, 3.05) is 10.6 Å². The number of rotatable bonds is 7. The molecule has 6 nitrogen and oxygen atoms in total. The Morgan fingerprint density at radius 3 is 2.21 bits per heavy atom. The minimum Gasteiger partial charge on any atom is -0.481 e. The monoisotopic (exact) mass is 390 g/mol. The lowest BCUT2D eigenvalue weighted by Crippen LogP contribution is -2.30. The number of carbonyl (C=O) groups excluding carboxylic acids is 1. The molecule has 2 aromatic carbocycles. The number of ether oxygens (including phenoxy) is 1. The second kappa shape index (κ2) is 9.19. The van der Waals surface area contributed by atoms with Crippen molar-refractivity contribution < 1.29 is 9.53 Å². The summed E-state index contributed by atoms with van der Waals surface area (Å²) in [5.74, 6) is 1.65. The van der Waals surface area contributed by atoms with Crippen molar-refractivity contribution in [1.29, 1.82) is 0 Å². The van der Waals surface area contributed by atoms with Crippen molar-refractivity contribution in [2.45, 2.75) is 39.7 Å². The molecule has 0 aliphatic heterocycles. The van der Waals surface area contributed by atoms with E-state index in [4.69, 9.17) is 4.74 Å². The molecule has 1 unspecified atom stereocenters. The van der Waals surface area contributed by atoms with Gasteiger partial charge in [-0.1, -0.05) is 26.0 Å². The topological polar surface area (TPSA) is 76.1 Å². The van der Waals surface area contributed by atoms with Gasteiger partial charge in [0.05, 0.1) is 0 Å². The molecule has 6 heteroatoms. The van der Waals surface area contributed by atoms with Crippen LogP contribution in [0.5, 0.6) is 5.75 Å². The lowest BCUT2D eigenvalue weighted by Gasteiger charge is -2.16. The smallest absolute Gasteiger partial charge is 0.265 e. The summed E-state index contributed by atoms with van der Waals surface area (Å²) in [6, 6.07) is 17.1. The van der Waals surface area contributed by atoms with Crippen LogP contribution >= 0.6 is 0 Å². The number of carbonyl (C=O) groups is 1. The number of hydrogen-bond donors (Lipinski definition) is 2. The third kappa shape index (κ3) is 5.78. The molecule has 0 aliphatic carbocycles. The molecule has 0 aliphatic rings. The molecule has 1 heterocycles. The van der Waals surface area contributed by atoms with Crippen molar-refractivity contribution in [2.24, 2.45) is 0 Å². The highest BCUT2D eigenvalue weighted by Gasteiger charge is 2.15. The maximum atomic E-state index is 12.4. The van der Waals surface area contributed by atoms with Crippen LogP contribution in [0.15, 0.2) is 60.9 Å². The van der Waals surface area contributed by atoms with Crippen LogP contribution in [0.2, 0.25) is 0 Å². The first kappa shape index (κ1) is 20.3. The average Bonchev–Trinajstić information content (AvgIpc) is 2.70. The van der Waals surface area contributed by atoms with Gasteiger partial charge in [0.2, 0.25) is 0 Å². The summed E-state index contributed by atoms with van der Waals surface area (Å²) in [7, 11) is 0. The summed E-state index contributed by atoms with van der Waals surface area (Å²) in [4.78, 5) is 20.7. The Kier molecular flexibility index (Phi) is 6.44. The molecule has 150 valence electrons. The standard InChI is InChI=1S/C23H26N4O2/c1-15(2)18-5-11-21(12-6-18)29-17(4)23(28)27-20-9-7-19(8-10-20)26-22-13-16(3)24-14-25-22/h5-15,17H,1-4H3,(H,27,28)(H,24,25,26). The highest BCUT2D eigenvalue weighted by Crippen LogP contribution is 2.21. The third-order valence-electron chi connectivity index (χ3n) is 4.46. The molecule has 0 saturated carbocycles. The zero-order chi connectivity index (χ0) is 20.8. The minimum atomic E-state index is -0.610. The second-order valence-corrected chi connectivity index (χ2v) is 7.22. The molecule has 0 saturated heterocycles. The number of aryl methyl sites for hydroxylation is 1. The van der Waals surface area contributed by atoms with Crippen LogP contribution in [0, 0.1) is 6.92 Å². The number of hydrogen-bond acceptors (Lipinski definition) is 5. The van der Waals surface area contributed by atoms with E-state index in [1.807, 2.05) is 61.5 Å². The average molecular weight is 390 g/mol. The molecular formula is C23H26N4O2. The van der Waals surface area contributed by atoms with Gasteiger partial charge >= 0.3 is 0 Å². The molecule has 0 radical (unpaired) electrons. The Balaban J connectivity index is 1.55. The van der Waals surface area contributed by atoms with Gasteiger partial charge in [-0.2, -0.15) is 0 Å². The zero-order valence-electron chi connectivity index (χ0n) is 17.1. The van der Waals surface area contributed by atoms with Crippen LogP contribution in [-0.4, -0.2) is 22.0 Å². The van der Waals surface area contributed by atoms with Gasteiger partial charge in [0, 0.05) is 23.1 Å². The molecule has 1 amide bonds. The maximum Gasteiger partial charge on any atom is 0.265 e. The summed E-state index contributed by atoms with van der Waals surface area (Å²) in [6.07, 6.45) is 0.908. The van der Waals surface area contributed by atoms with Gasteiger partial charge in [0.15, 0.2) is 6.10 Å². The molecule has 1 atom stereocenters. The van der Waals surface area contributed by atoms with Crippen molar-refractivity contribution in [3.63, 3.8) is 0 Å². The molecular weight excluding hydrogens is 364 g/mol. The van der Waals surface area contributed by atoms with Crippen molar-refractivity contribution in [3.8, 4) is 5.75 Å². The van der Waals surface area contributed by atoms with Gasteiger partial charge < -0.3 is 15.4 Å². The van der Waals surface area contributed by atoms with Gasteiger partial charge in [-0.05, 0) is 61.7 Å². The van der Waals surface area contributed by atoms with E-state index in [2.05, 4.69) is 34.4 Å². The van der Waals surface area contributed by atoms with E-state index in [0.717, 1.165) is 17.2 Å². The third-order valence-corrected chi connectivity index (χ3v) is 4.46. The van der Waals surface area contributed by atoms with Gasteiger partial charge in [-0.25, -0.2) is 9.97 Å². The van der Waals surface area contributed by atoms with Gasteiger partial charge in [-0.15, -0.1) is 0 Å². The lowest BCUT2D eigenvalue weighted by atomic mass is 10.0. The van der Waals surface area contributed by atoms with Crippen LogP contribution < -0.4 is 15.4 Å². The van der Waals surface area contributed by atoms with Gasteiger partial charge in [0.1, 0.15) is 17.9 Å². The molecule has 29 heavy (non-hydrogen) atoms. The van der Waals surface area contributed by atoms with Crippen LogP contribution in [0.25, 0.3) is 0 Å². The molecule has 0 fully saturated rings. The number of amides is 1. The number of aromatic nitrogens is 2. The predicted octanol–water partition coefficient (Wildman–Crippen LogP) is 5.06. The Morgan fingerprint density at radius 1 is 0.931 bits per heavy atom. The summed E-state index contributed by atoms with van der Waals surface area (Å²) in [5.41, 5.74) is 3.69. The van der Waals surface area contributed by atoms with E-state index in [0.29, 0.717) is 17.4 Å². The summed E-state index contributed by atoms with van der Waals surface area (Å²) in [5, 5.41) is 6.08. The fourth-order valence-corrected chi connectivity index (χ4v) is 2.74. The first-order valence-corrected chi connectivity index (χ1v) is 9.64. The van der Waals surface area contributed by atoms with E-state index < -0.39 is 6.10 Å². The largest absolute Gasteiger partial charge is 0.481 e. The van der Waals surface area contributed by atoms with Crippen LogP contribution in [0.4, 0.5) is 17.2 Å². The van der Waals surface area contributed by atoms with Crippen LogP contribution in [0.3, 0.4) is 0 Å². The number of anilines is 3. The highest BCUT2D eigenvalue weighted by molar-refractivity contribution is 5.94. The maximum absolute atomic E-state index is 12.4. The molecule has 0 bridgehead atoms. The highest BCUT2D eigenvalue weighted by atomic mass is 16.5. The number of benzene rings is 2. The van der Waals surface area contributed by atoms with Crippen molar-refractivity contribution in [3.05, 3.63) is 72.2 Å². The zero-order valence-corrected chi connectivity index (χ0v) is 17.1. The Hall–Kier alpha value is -3.41. The fraction of sp³-hybridized carbons (Fsp3) is 0.261. The normalized spacial score (nSPS) is 11.8. The second-order valence-electron chi connectivity index (χ2n) is 7.22. The SMILES string of the molecule is Cc1cc(Nc2ccc(NC(=O)C(C)Oc3ccc(C(C)C)cc3)cc2)ncn1. The lowest BCUT2D eigenvalue weighted by molar-refractivity contribution is -0.122. The van der Waals surface area contributed by atoms with Gasteiger partial charge in [-0.3, -0.25) is 4.79 Å². The first-order chi connectivity index (χ1) is 13.9. The van der Waals surface area contributed by atoms with E-state index in [1.165, 1.54) is 11.9 Å². The quantitative estimate of drug-likeness (QED) is 0.590. The van der Waals surface area contributed by atoms with E-state index in [-0.39, 0.29) is 5.91 Å². The van der Waals surface area contributed by atoms with E-state index >= 15 is 0 Å². The predicted molar refractivity (Wildman–Crippen MR) is 116 cm³/mol. The minimum absolute atomic E-state index is 0.204. The summed E-state index contributed by atoms with van der Waals surface area (Å²) in [6.45, 7) is 7.93. The van der Waals surface area contributed by atoms with Crippen molar-refractivity contribution >= 4 is 23.1 Å². The Morgan fingerprint density at radius 2 is 1.59 bits per heavy atom. The molecule has 1 aromatic heterocycles. The molecule has 0 spiro atoms. The Labute approximate surface area is 171 Å². The van der Waals surface area contributed by atoms with Crippen molar-refractivity contribution in [1.82, 2.24) is 9.97 Å². The molecule has 3 aromatic rings. The Bertz CT molecular complexity index is 953. The number of nitrogens with zero attached hydrogens (tertiary/aromatic N) is 2. The summed E-state index contributed by atoms with van der Waals surface area (Å²) < 4.78 is 5.76. The number of nitrogens with one attached hydrogen (secondary N) is 2. The molecule has 3 rings (SSSR count). The van der Waals surface area contributed by atoms with Crippen LogP contribution in [0.1, 0.15) is 37.9 Å². The molecule has 2 N–H and O–H groups in total. The van der Waals surface area contributed by atoms with E-state index in [1.54, 1.807) is 6.92 Å². The van der Waals surface area contributed by atoms with E-state index in [9.17, 15) is 4.79 Å². The first-order valence-electron chi connectivity index (χ1n) is 9.64. The summed E-state index contributed by atoms with van der Waals surface area (Å²) >= 11 is 0. The van der Waals surface area contributed by atoms with Gasteiger partial charge in [0.25, 0.3) is 5.91 Å².